The summed E-state index contributed by atoms with van der Waals surface area (Å²) < 4.78 is 13.3. The summed E-state index contributed by atoms with van der Waals surface area (Å²) in [5.41, 5.74) is 1.10. The van der Waals surface area contributed by atoms with Crippen LogP contribution in [0.2, 0.25) is 0 Å². The highest BCUT2D eigenvalue weighted by molar-refractivity contribution is 6.22. The van der Waals surface area contributed by atoms with E-state index >= 15 is 0 Å². The first kappa shape index (κ1) is 20.0. The Bertz CT molecular complexity index is 986. The van der Waals surface area contributed by atoms with E-state index in [-0.39, 0.29) is 46.5 Å². The van der Waals surface area contributed by atoms with Crippen LogP contribution < -0.4 is 10.2 Å². The van der Waals surface area contributed by atoms with E-state index in [1.54, 1.807) is 18.2 Å². The van der Waals surface area contributed by atoms with Crippen LogP contribution in [0.25, 0.3) is 0 Å². The highest BCUT2D eigenvalue weighted by atomic mass is 19.1. The number of halogens is 1. The molecule has 2 unspecified atom stereocenters. The maximum atomic E-state index is 13.3. The van der Waals surface area contributed by atoms with Crippen molar-refractivity contribution in [3.63, 3.8) is 0 Å². The number of amides is 2. The fourth-order valence-electron chi connectivity index (χ4n) is 4.41. The van der Waals surface area contributed by atoms with Crippen molar-refractivity contribution in [3.8, 4) is 0 Å². The normalized spacial score (nSPS) is 20.9. The molecule has 30 heavy (non-hydrogen) atoms. The summed E-state index contributed by atoms with van der Waals surface area (Å²) >= 11 is 0. The van der Waals surface area contributed by atoms with Crippen LogP contribution in [0.3, 0.4) is 0 Å². The van der Waals surface area contributed by atoms with Crippen LogP contribution in [-0.4, -0.2) is 23.3 Å². The van der Waals surface area contributed by atoms with Gasteiger partial charge in [0.05, 0.1) is 22.4 Å². The number of carbonyl (C=O) groups is 2. The highest BCUT2D eigenvalue weighted by Crippen LogP contribution is 2.41. The number of imide groups is 1. The number of nitro groups is 1. The van der Waals surface area contributed by atoms with Gasteiger partial charge >= 0.3 is 0 Å². The van der Waals surface area contributed by atoms with Gasteiger partial charge in [-0.3, -0.25) is 19.7 Å². The van der Waals surface area contributed by atoms with E-state index in [1.165, 1.54) is 24.3 Å². The number of fused-ring (bicyclic) bond motifs is 1. The number of nitrogens with zero attached hydrogens (tertiary/aromatic N) is 2. The van der Waals surface area contributed by atoms with Crippen LogP contribution in [-0.2, 0) is 16.0 Å². The van der Waals surface area contributed by atoms with E-state index < -0.39 is 4.92 Å². The fourth-order valence-corrected chi connectivity index (χ4v) is 4.41. The number of nitrogens with one attached hydrogen (secondary N) is 1. The Morgan fingerprint density at radius 1 is 1.07 bits per heavy atom. The molecule has 7 nitrogen and oxygen atoms in total. The summed E-state index contributed by atoms with van der Waals surface area (Å²) in [5.74, 6) is -1.47. The number of carbonyl (C=O) groups excluding carboxylic acids is 2. The van der Waals surface area contributed by atoms with Crippen LogP contribution in [0.5, 0.6) is 0 Å². The van der Waals surface area contributed by atoms with Crippen LogP contribution in [0.15, 0.2) is 42.5 Å². The third kappa shape index (κ3) is 3.77. The van der Waals surface area contributed by atoms with Crippen molar-refractivity contribution < 1.29 is 18.9 Å². The third-order valence-electron chi connectivity index (χ3n) is 5.90. The molecule has 1 aliphatic carbocycles. The lowest BCUT2D eigenvalue weighted by molar-refractivity contribution is -0.383. The lowest BCUT2D eigenvalue weighted by Gasteiger charge is -2.19. The molecule has 2 aromatic carbocycles. The van der Waals surface area contributed by atoms with Crippen molar-refractivity contribution in [1.29, 1.82) is 0 Å². The second kappa shape index (κ2) is 8.22. The van der Waals surface area contributed by atoms with Crippen molar-refractivity contribution in [3.05, 3.63) is 64.0 Å². The molecule has 1 saturated heterocycles. The minimum Gasteiger partial charge on any atom is -0.379 e. The van der Waals surface area contributed by atoms with E-state index in [9.17, 15) is 24.1 Å². The van der Waals surface area contributed by atoms with Gasteiger partial charge in [0.2, 0.25) is 11.8 Å². The van der Waals surface area contributed by atoms with Crippen LogP contribution in [0.1, 0.15) is 31.2 Å². The van der Waals surface area contributed by atoms with Gasteiger partial charge in [-0.25, -0.2) is 9.29 Å². The topological polar surface area (TPSA) is 92.6 Å². The SMILES string of the molecule is O=C1C2CCCCC2C(=O)N1c1ccc(NCCc2cccc(F)c2)c([N+](=O)[O-])c1. The van der Waals surface area contributed by atoms with Gasteiger partial charge in [0, 0.05) is 12.6 Å². The zero-order chi connectivity index (χ0) is 21.3. The van der Waals surface area contributed by atoms with Crippen LogP contribution >= 0.6 is 0 Å². The maximum absolute atomic E-state index is 13.3. The lowest BCUT2D eigenvalue weighted by atomic mass is 9.81. The minimum absolute atomic E-state index is 0.206. The summed E-state index contributed by atoms with van der Waals surface area (Å²) in [6.45, 7) is 0.370. The molecule has 156 valence electrons. The zero-order valence-corrected chi connectivity index (χ0v) is 16.3. The van der Waals surface area contributed by atoms with Crippen molar-refractivity contribution in [2.24, 2.45) is 11.8 Å². The van der Waals surface area contributed by atoms with Gasteiger partial charge in [-0.1, -0.05) is 25.0 Å². The number of nitro benzene ring substituents is 1. The average molecular weight is 411 g/mol. The Balaban J connectivity index is 1.52. The molecule has 8 heteroatoms. The second-order valence-corrected chi connectivity index (χ2v) is 7.77. The molecule has 0 spiro atoms. The monoisotopic (exact) mass is 411 g/mol. The summed E-state index contributed by atoms with van der Waals surface area (Å²) in [6, 6.07) is 10.5. The van der Waals surface area contributed by atoms with Crippen LogP contribution in [0, 0.1) is 27.8 Å². The smallest absolute Gasteiger partial charge is 0.294 e. The molecule has 1 N–H and O–H groups in total. The molecule has 2 fully saturated rings. The predicted molar refractivity (Wildman–Crippen MR) is 110 cm³/mol. The first-order valence-electron chi connectivity index (χ1n) is 10.1. The van der Waals surface area contributed by atoms with E-state index in [0.29, 0.717) is 25.8 Å². The van der Waals surface area contributed by atoms with E-state index in [4.69, 9.17) is 0 Å². The number of anilines is 2. The number of rotatable bonds is 6. The summed E-state index contributed by atoms with van der Waals surface area (Å²) in [7, 11) is 0. The van der Waals surface area contributed by atoms with Gasteiger partial charge in [-0.2, -0.15) is 0 Å². The van der Waals surface area contributed by atoms with Crippen molar-refractivity contribution in [2.75, 3.05) is 16.8 Å². The third-order valence-corrected chi connectivity index (χ3v) is 5.90. The molecule has 0 aromatic heterocycles. The number of hydrogen-bond donors (Lipinski definition) is 1. The van der Waals surface area contributed by atoms with Crippen molar-refractivity contribution in [2.45, 2.75) is 32.1 Å². The Labute approximate surface area is 173 Å². The zero-order valence-electron chi connectivity index (χ0n) is 16.3. The fraction of sp³-hybridized carbons (Fsp3) is 0.364. The highest BCUT2D eigenvalue weighted by Gasteiger charge is 2.49. The number of benzene rings is 2. The minimum atomic E-state index is -0.536. The Morgan fingerprint density at radius 3 is 2.40 bits per heavy atom. The molecule has 2 aliphatic rings. The van der Waals surface area contributed by atoms with E-state index in [2.05, 4.69) is 5.32 Å². The van der Waals surface area contributed by atoms with E-state index in [0.717, 1.165) is 23.3 Å². The molecule has 1 aliphatic heterocycles. The predicted octanol–water partition coefficient (Wildman–Crippen LogP) is 4.07. The quantitative estimate of drug-likeness (QED) is 0.439. The molecular weight excluding hydrogens is 389 g/mol. The first-order valence-corrected chi connectivity index (χ1v) is 10.1. The van der Waals surface area contributed by atoms with Crippen LogP contribution in [0.4, 0.5) is 21.5 Å². The Morgan fingerprint density at radius 2 is 1.77 bits per heavy atom. The van der Waals surface area contributed by atoms with Gasteiger partial charge in [-0.05, 0) is 49.1 Å². The average Bonchev–Trinajstić information content (AvgIpc) is 2.99. The Kier molecular flexibility index (Phi) is 5.48. The summed E-state index contributed by atoms with van der Waals surface area (Å²) in [5, 5.41) is 14.6. The number of hydrogen-bond acceptors (Lipinski definition) is 5. The van der Waals surface area contributed by atoms with Crippen molar-refractivity contribution in [1.82, 2.24) is 0 Å². The molecule has 1 saturated carbocycles. The summed E-state index contributed by atoms with van der Waals surface area (Å²) in [4.78, 5) is 37.7. The summed E-state index contributed by atoms with van der Waals surface area (Å²) in [6.07, 6.45) is 3.70. The Hall–Kier alpha value is -3.29. The molecule has 4 rings (SSSR count). The van der Waals surface area contributed by atoms with Gasteiger partial charge < -0.3 is 5.32 Å². The second-order valence-electron chi connectivity index (χ2n) is 7.77. The van der Waals surface area contributed by atoms with Gasteiger partial charge in [-0.15, -0.1) is 0 Å². The molecule has 0 bridgehead atoms. The molecule has 1 heterocycles. The van der Waals surface area contributed by atoms with Crippen molar-refractivity contribution >= 4 is 28.9 Å². The van der Waals surface area contributed by atoms with Gasteiger partial charge in [0.1, 0.15) is 11.5 Å². The lowest BCUT2D eigenvalue weighted by Crippen LogP contribution is -2.30. The molecular formula is C22H22FN3O4. The molecule has 2 amide bonds. The largest absolute Gasteiger partial charge is 0.379 e. The first-order chi connectivity index (χ1) is 14.5. The van der Waals surface area contributed by atoms with E-state index in [1.807, 2.05) is 0 Å². The van der Waals surface area contributed by atoms with Gasteiger partial charge in [0.15, 0.2) is 0 Å². The maximum Gasteiger partial charge on any atom is 0.294 e. The molecule has 2 aromatic rings. The van der Waals surface area contributed by atoms with Gasteiger partial charge in [0.25, 0.3) is 5.69 Å². The standard InChI is InChI=1S/C22H22FN3O4/c23-15-5-3-4-14(12-15)10-11-24-19-9-8-16(13-20(19)26(29)30)25-21(27)17-6-1-2-7-18(17)22(25)28/h3-5,8-9,12-13,17-18,24H,1-2,6-7,10-11H2. The molecule has 0 radical (unpaired) electrons. The molecule has 2 atom stereocenters.